The van der Waals surface area contributed by atoms with Crippen LogP contribution >= 0.6 is 0 Å². The average Bonchev–Trinajstić information content (AvgIpc) is 2.98. The van der Waals surface area contributed by atoms with Crippen LogP contribution in [-0.4, -0.2) is 12.5 Å². The summed E-state index contributed by atoms with van der Waals surface area (Å²) in [4.78, 5) is 12.6. The van der Waals surface area contributed by atoms with Gasteiger partial charge >= 0.3 is 0 Å². The van der Waals surface area contributed by atoms with Gasteiger partial charge in [-0.05, 0) is 49.9 Å². The number of rotatable bonds is 7. The molecule has 116 valence electrons. The Bertz CT molecular complexity index is 464. The first-order valence-electron chi connectivity index (χ1n) is 8.31. The zero-order valence-electron chi connectivity index (χ0n) is 13.4. The van der Waals surface area contributed by atoms with Crippen molar-refractivity contribution >= 4 is 11.6 Å². The van der Waals surface area contributed by atoms with Gasteiger partial charge < -0.3 is 10.6 Å². The largest absolute Gasteiger partial charge is 0.326 e. The second-order valence-corrected chi connectivity index (χ2v) is 6.17. The van der Waals surface area contributed by atoms with Crippen molar-refractivity contribution < 1.29 is 4.79 Å². The topological polar surface area (TPSA) is 41.1 Å². The van der Waals surface area contributed by atoms with Gasteiger partial charge in [0.25, 0.3) is 0 Å². The molecule has 1 aliphatic rings. The van der Waals surface area contributed by atoms with Crippen molar-refractivity contribution in [3.05, 3.63) is 29.8 Å². The van der Waals surface area contributed by atoms with Crippen LogP contribution in [0.4, 0.5) is 5.69 Å². The van der Waals surface area contributed by atoms with E-state index in [2.05, 4.69) is 36.6 Å². The molecule has 2 N–H and O–H groups in total. The molecule has 3 heteroatoms. The lowest BCUT2D eigenvalue weighted by Crippen LogP contribution is -2.33. The van der Waals surface area contributed by atoms with Crippen LogP contribution in [0.25, 0.3) is 0 Å². The molecule has 2 rings (SSSR count). The van der Waals surface area contributed by atoms with Crippen molar-refractivity contribution in [3.8, 4) is 0 Å². The summed E-state index contributed by atoms with van der Waals surface area (Å²) in [6.07, 6.45) is 6.51. The third-order valence-corrected chi connectivity index (χ3v) is 4.66. The van der Waals surface area contributed by atoms with Gasteiger partial charge in [-0.3, -0.25) is 4.79 Å². The van der Waals surface area contributed by atoms with Gasteiger partial charge in [-0.1, -0.05) is 38.8 Å². The van der Waals surface area contributed by atoms with E-state index in [0.29, 0.717) is 0 Å². The molecule has 0 bridgehead atoms. The summed E-state index contributed by atoms with van der Waals surface area (Å²) in [5, 5.41) is 6.53. The average molecular weight is 288 g/mol. The van der Waals surface area contributed by atoms with E-state index in [0.717, 1.165) is 44.5 Å². The lowest BCUT2D eigenvalue weighted by molar-refractivity contribution is -0.125. The van der Waals surface area contributed by atoms with E-state index in [4.69, 9.17) is 0 Å². The zero-order valence-corrected chi connectivity index (χ0v) is 13.4. The molecular weight excluding hydrogens is 260 g/mol. The highest BCUT2D eigenvalue weighted by Crippen LogP contribution is 2.41. The molecule has 0 heterocycles. The van der Waals surface area contributed by atoms with Crippen molar-refractivity contribution in [2.24, 2.45) is 5.41 Å². The summed E-state index contributed by atoms with van der Waals surface area (Å²) in [5.74, 6) is 0.209. The Morgan fingerprint density at radius 2 is 2.00 bits per heavy atom. The molecule has 1 amide bonds. The van der Waals surface area contributed by atoms with Crippen LogP contribution in [0.2, 0.25) is 0 Å². The van der Waals surface area contributed by atoms with E-state index in [9.17, 15) is 4.79 Å². The third kappa shape index (κ3) is 4.07. The first kappa shape index (κ1) is 16.0. The normalized spacial score (nSPS) is 16.9. The molecule has 0 unspecified atom stereocenters. The number of nitrogens with one attached hydrogen (secondary N) is 2. The van der Waals surface area contributed by atoms with E-state index >= 15 is 0 Å². The van der Waals surface area contributed by atoms with Crippen molar-refractivity contribution in [2.75, 3.05) is 11.9 Å². The predicted molar refractivity (Wildman–Crippen MR) is 88.3 cm³/mol. The number of amides is 1. The van der Waals surface area contributed by atoms with Crippen molar-refractivity contribution in [1.82, 2.24) is 5.32 Å². The second-order valence-electron chi connectivity index (χ2n) is 6.17. The molecule has 0 spiro atoms. The van der Waals surface area contributed by atoms with E-state index in [1.807, 2.05) is 12.1 Å². The summed E-state index contributed by atoms with van der Waals surface area (Å²) < 4.78 is 0. The van der Waals surface area contributed by atoms with Gasteiger partial charge in [0.2, 0.25) is 5.91 Å². The van der Waals surface area contributed by atoms with Crippen LogP contribution in [-0.2, 0) is 11.3 Å². The van der Waals surface area contributed by atoms with E-state index in [1.165, 1.54) is 18.4 Å². The Balaban J connectivity index is 1.98. The van der Waals surface area contributed by atoms with Crippen molar-refractivity contribution in [3.63, 3.8) is 0 Å². The van der Waals surface area contributed by atoms with Gasteiger partial charge in [0.1, 0.15) is 0 Å². The zero-order chi connectivity index (χ0) is 15.1. The fraction of sp³-hybridized carbons (Fsp3) is 0.611. The fourth-order valence-electron chi connectivity index (χ4n) is 3.23. The number of carbonyl (C=O) groups is 1. The van der Waals surface area contributed by atoms with Gasteiger partial charge in [0.15, 0.2) is 0 Å². The van der Waals surface area contributed by atoms with Crippen LogP contribution in [0.5, 0.6) is 0 Å². The van der Waals surface area contributed by atoms with Crippen LogP contribution in [0.3, 0.4) is 0 Å². The SMILES string of the molecule is CCCNCc1cccc(NC(=O)C2(CC)CCCC2)c1. The minimum Gasteiger partial charge on any atom is -0.326 e. The molecule has 0 aliphatic heterocycles. The highest BCUT2D eigenvalue weighted by molar-refractivity contribution is 5.95. The lowest BCUT2D eigenvalue weighted by Gasteiger charge is -2.26. The molecule has 21 heavy (non-hydrogen) atoms. The molecular formula is C18H28N2O. The summed E-state index contributed by atoms with van der Waals surface area (Å²) in [7, 11) is 0. The van der Waals surface area contributed by atoms with Crippen molar-refractivity contribution in [1.29, 1.82) is 0 Å². The Hall–Kier alpha value is -1.35. The highest BCUT2D eigenvalue weighted by Gasteiger charge is 2.39. The van der Waals surface area contributed by atoms with Gasteiger partial charge in [0.05, 0.1) is 0 Å². The molecule has 1 fully saturated rings. The number of anilines is 1. The van der Waals surface area contributed by atoms with E-state index < -0.39 is 0 Å². The van der Waals surface area contributed by atoms with Crippen LogP contribution in [0.1, 0.15) is 57.9 Å². The van der Waals surface area contributed by atoms with E-state index in [1.54, 1.807) is 0 Å². The molecule has 1 aromatic carbocycles. The maximum absolute atomic E-state index is 12.6. The summed E-state index contributed by atoms with van der Waals surface area (Å²) in [6.45, 7) is 6.18. The Labute approximate surface area is 128 Å². The molecule has 1 saturated carbocycles. The smallest absolute Gasteiger partial charge is 0.230 e. The van der Waals surface area contributed by atoms with Crippen LogP contribution in [0.15, 0.2) is 24.3 Å². The molecule has 1 aromatic rings. The molecule has 0 aromatic heterocycles. The summed E-state index contributed by atoms with van der Waals surface area (Å²) in [6, 6.07) is 8.19. The van der Waals surface area contributed by atoms with Gasteiger partial charge in [-0.2, -0.15) is 0 Å². The van der Waals surface area contributed by atoms with Crippen molar-refractivity contribution in [2.45, 2.75) is 58.9 Å². The number of benzene rings is 1. The number of hydrogen-bond donors (Lipinski definition) is 2. The first-order valence-corrected chi connectivity index (χ1v) is 8.31. The monoisotopic (exact) mass is 288 g/mol. The fourth-order valence-corrected chi connectivity index (χ4v) is 3.23. The van der Waals surface area contributed by atoms with Crippen LogP contribution in [0, 0.1) is 5.41 Å². The minimum atomic E-state index is -0.129. The van der Waals surface area contributed by atoms with Gasteiger partial charge in [0, 0.05) is 17.6 Å². The standard InChI is InChI=1S/C18H28N2O/c1-3-12-19-14-15-8-7-9-16(13-15)20-17(21)18(4-2)10-5-6-11-18/h7-9,13,19H,3-6,10-12,14H2,1-2H3,(H,20,21). The van der Waals surface area contributed by atoms with E-state index in [-0.39, 0.29) is 11.3 Å². The Morgan fingerprint density at radius 1 is 1.24 bits per heavy atom. The number of carbonyl (C=O) groups excluding carboxylic acids is 1. The van der Waals surface area contributed by atoms with Gasteiger partial charge in [-0.25, -0.2) is 0 Å². The maximum atomic E-state index is 12.6. The third-order valence-electron chi connectivity index (χ3n) is 4.66. The molecule has 3 nitrogen and oxygen atoms in total. The summed E-state index contributed by atoms with van der Waals surface area (Å²) >= 11 is 0. The Kier molecular flexibility index (Phi) is 5.80. The molecule has 1 aliphatic carbocycles. The molecule has 0 radical (unpaired) electrons. The molecule has 0 atom stereocenters. The second kappa shape index (κ2) is 7.60. The highest BCUT2D eigenvalue weighted by atomic mass is 16.2. The quantitative estimate of drug-likeness (QED) is 0.742. The minimum absolute atomic E-state index is 0.129. The maximum Gasteiger partial charge on any atom is 0.230 e. The molecule has 0 saturated heterocycles. The van der Waals surface area contributed by atoms with Crippen LogP contribution < -0.4 is 10.6 Å². The number of hydrogen-bond acceptors (Lipinski definition) is 2. The summed E-state index contributed by atoms with van der Waals surface area (Å²) in [5.41, 5.74) is 2.02. The lowest BCUT2D eigenvalue weighted by atomic mass is 9.82. The Morgan fingerprint density at radius 3 is 2.67 bits per heavy atom. The predicted octanol–water partition coefficient (Wildman–Crippen LogP) is 4.10. The first-order chi connectivity index (χ1) is 10.2. The van der Waals surface area contributed by atoms with Gasteiger partial charge in [-0.15, -0.1) is 0 Å².